The van der Waals surface area contributed by atoms with Crippen molar-refractivity contribution >= 4 is 23.4 Å². The lowest BCUT2D eigenvalue weighted by Gasteiger charge is -2.07. The smallest absolute Gasteiger partial charge is 0.360 e. The second-order valence-corrected chi connectivity index (χ2v) is 4.16. The summed E-state index contributed by atoms with van der Waals surface area (Å²) in [5.41, 5.74) is 5.51. The number of nitrogen functional groups attached to an aromatic ring is 1. The number of hydrogen-bond donors (Lipinski definition) is 1. The van der Waals surface area contributed by atoms with Gasteiger partial charge in [0, 0.05) is 17.4 Å². The Kier molecular flexibility index (Phi) is 4.73. The molecule has 0 unspecified atom stereocenters. The summed E-state index contributed by atoms with van der Waals surface area (Å²) in [6, 6.07) is 6.88. The van der Waals surface area contributed by atoms with E-state index in [1.807, 2.05) is 0 Å². The molecule has 1 aromatic heterocycles. The number of benzene rings is 1. The number of carbonyl (C=O) groups excluding carboxylic acids is 1. The highest BCUT2D eigenvalue weighted by atomic mass is 35.5. The number of anilines is 1. The zero-order chi connectivity index (χ0) is 14.4. The Bertz CT molecular complexity index is 590. The van der Waals surface area contributed by atoms with Gasteiger partial charge >= 0.3 is 5.97 Å². The Hall–Kier alpha value is -2.34. The molecular formula is C13H12ClN3O3. The molecule has 0 radical (unpaired) electrons. The molecule has 0 saturated carbocycles. The molecule has 20 heavy (non-hydrogen) atoms. The van der Waals surface area contributed by atoms with E-state index in [0.29, 0.717) is 10.8 Å². The van der Waals surface area contributed by atoms with Crippen molar-refractivity contribution in [3.05, 3.63) is 47.4 Å². The van der Waals surface area contributed by atoms with Crippen molar-refractivity contribution in [3.8, 4) is 5.75 Å². The first-order chi connectivity index (χ1) is 9.66. The van der Waals surface area contributed by atoms with E-state index in [4.69, 9.17) is 26.8 Å². The third kappa shape index (κ3) is 3.83. The molecule has 0 aliphatic heterocycles. The lowest BCUT2D eigenvalue weighted by molar-refractivity contribution is 0.0444. The molecule has 2 N–H and O–H groups in total. The number of halogens is 1. The largest absolute Gasteiger partial charge is 0.490 e. The van der Waals surface area contributed by atoms with Gasteiger partial charge in [0.2, 0.25) is 0 Å². The number of nitrogens with zero attached hydrogens (tertiary/aromatic N) is 2. The predicted molar refractivity (Wildman–Crippen MR) is 73.7 cm³/mol. The highest BCUT2D eigenvalue weighted by Crippen LogP contribution is 2.15. The molecule has 0 aliphatic carbocycles. The van der Waals surface area contributed by atoms with Crippen LogP contribution >= 0.6 is 11.6 Å². The molecule has 104 valence electrons. The van der Waals surface area contributed by atoms with Crippen LogP contribution in [0, 0.1) is 0 Å². The highest BCUT2D eigenvalue weighted by Gasteiger charge is 2.13. The van der Waals surface area contributed by atoms with Gasteiger partial charge < -0.3 is 15.2 Å². The molecule has 1 heterocycles. The Labute approximate surface area is 120 Å². The SMILES string of the molecule is Nc1nccnc1C(=O)OCCOc1ccc(Cl)cc1. The summed E-state index contributed by atoms with van der Waals surface area (Å²) in [6.45, 7) is 0.297. The van der Waals surface area contributed by atoms with Gasteiger partial charge in [0.25, 0.3) is 0 Å². The van der Waals surface area contributed by atoms with Crippen molar-refractivity contribution in [2.75, 3.05) is 18.9 Å². The van der Waals surface area contributed by atoms with Gasteiger partial charge in [-0.15, -0.1) is 0 Å². The van der Waals surface area contributed by atoms with Gasteiger partial charge in [0.1, 0.15) is 19.0 Å². The lowest BCUT2D eigenvalue weighted by Crippen LogP contribution is -2.15. The van der Waals surface area contributed by atoms with Crippen molar-refractivity contribution in [1.29, 1.82) is 0 Å². The van der Waals surface area contributed by atoms with Gasteiger partial charge in [-0.3, -0.25) is 0 Å². The number of ether oxygens (including phenoxy) is 2. The zero-order valence-electron chi connectivity index (χ0n) is 10.5. The van der Waals surface area contributed by atoms with Crippen molar-refractivity contribution in [2.45, 2.75) is 0 Å². The van der Waals surface area contributed by atoms with Crippen LogP contribution in [0.4, 0.5) is 5.82 Å². The molecule has 7 heteroatoms. The van der Waals surface area contributed by atoms with Crippen LogP contribution < -0.4 is 10.5 Å². The van der Waals surface area contributed by atoms with E-state index >= 15 is 0 Å². The summed E-state index contributed by atoms with van der Waals surface area (Å²) in [6.07, 6.45) is 2.77. The minimum Gasteiger partial charge on any atom is -0.490 e. The minimum absolute atomic E-state index is 0.000932. The Morgan fingerprint density at radius 1 is 1.15 bits per heavy atom. The Balaban J connectivity index is 1.77. The van der Waals surface area contributed by atoms with Crippen LogP contribution in [-0.2, 0) is 4.74 Å². The van der Waals surface area contributed by atoms with E-state index in [0.717, 1.165) is 0 Å². The fourth-order valence-corrected chi connectivity index (χ4v) is 1.53. The van der Waals surface area contributed by atoms with E-state index in [9.17, 15) is 4.79 Å². The fourth-order valence-electron chi connectivity index (χ4n) is 1.40. The molecule has 6 nitrogen and oxygen atoms in total. The summed E-state index contributed by atoms with van der Waals surface area (Å²) in [4.78, 5) is 19.2. The van der Waals surface area contributed by atoms with Crippen molar-refractivity contribution in [2.24, 2.45) is 0 Å². The maximum absolute atomic E-state index is 11.6. The summed E-state index contributed by atoms with van der Waals surface area (Å²) < 4.78 is 10.4. The number of esters is 1. The Morgan fingerprint density at radius 2 is 1.85 bits per heavy atom. The van der Waals surface area contributed by atoms with E-state index < -0.39 is 5.97 Å². The van der Waals surface area contributed by atoms with Crippen LogP contribution in [0.3, 0.4) is 0 Å². The molecule has 2 rings (SSSR count). The van der Waals surface area contributed by atoms with Crippen LogP contribution in [-0.4, -0.2) is 29.2 Å². The van der Waals surface area contributed by atoms with Crippen LogP contribution in [0.15, 0.2) is 36.7 Å². The zero-order valence-corrected chi connectivity index (χ0v) is 11.2. The average Bonchev–Trinajstić information content (AvgIpc) is 2.46. The normalized spacial score (nSPS) is 10.1. The molecule has 0 bridgehead atoms. The number of hydrogen-bond acceptors (Lipinski definition) is 6. The minimum atomic E-state index is -0.629. The maximum atomic E-state index is 11.6. The van der Waals surface area contributed by atoms with E-state index in [1.165, 1.54) is 12.4 Å². The average molecular weight is 294 g/mol. The molecule has 0 amide bonds. The molecule has 0 atom stereocenters. The Morgan fingerprint density at radius 3 is 2.55 bits per heavy atom. The van der Waals surface area contributed by atoms with E-state index in [2.05, 4.69) is 9.97 Å². The first-order valence-electron chi connectivity index (χ1n) is 5.79. The summed E-state index contributed by atoms with van der Waals surface area (Å²) in [7, 11) is 0. The van der Waals surface area contributed by atoms with Crippen molar-refractivity contribution < 1.29 is 14.3 Å². The van der Waals surface area contributed by atoms with Gasteiger partial charge in [-0.2, -0.15) is 0 Å². The highest BCUT2D eigenvalue weighted by molar-refractivity contribution is 6.30. The monoisotopic (exact) mass is 293 g/mol. The topological polar surface area (TPSA) is 87.3 Å². The first-order valence-corrected chi connectivity index (χ1v) is 6.16. The molecule has 0 spiro atoms. The lowest BCUT2D eigenvalue weighted by atomic mass is 10.3. The molecule has 1 aromatic carbocycles. The van der Waals surface area contributed by atoms with Crippen LogP contribution in [0.2, 0.25) is 5.02 Å². The van der Waals surface area contributed by atoms with Crippen molar-refractivity contribution in [3.63, 3.8) is 0 Å². The standard InChI is InChI=1S/C13H12ClN3O3/c14-9-1-3-10(4-2-9)19-7-8-20-13(18)11-12(15)17-6-5-16-11/h1-6H,7-8H2,(H2,15,17). The number of rotatable bonds is 5. The quantitative estimate of drug-likeness (QED) is 0.669. The maximum Gasteiger partial charge on any atom is 0.360 e. The molecule has 0 saturated heterocycles. The van der Waals surface area contributed by atoms with Crippen LogP contribution in [0.25, 0.3) is 0 Å². The van der Waals surface area contributed by atoms with Crippen molar-refractivity contribution in [1.82, 2.24) is 9.97 Å². The number of carbonyl (C=O) groups is 1. The molecule has 0 aliphatic rings. The van der Waals surface area contributed by atoms with Crippen LogP contribution in [0.1, 0.15) is 10.5 Å². The predicted octanol–water partition coefficient (Wildman–Crippen LogP) is 1.95. The van der Waals surface area contributed by atoms with Gasteiger partial charge in [-0.05, 0) is 24.3 Å². The summed E-state index contributed by atoms with van der Waals surface area (Å²) in [5.74, 6) is 0.0518. The van der Waals surface area contributed by atoms with Gasteiger partial charge in [-0.1, -0.05) is 11.6 Å². The molecule has 2 aromatic rings. The summed E-state index contributed by atoms with van der Waals surface area (Å²) >= 11 is 5.75. The first kappa shape index (κ1) is 14.1. The summed E-state index contributed by atoms with van der Waals surface area (Å²) in [5, 5.41) is 0.627. The van der Waals surface area contributed by atoms with Gasteiger partial charge in [0.15, 0.2) is 11.5 Å². The second-order valence-electron chi connectivity index (χ2n) is 3.73. The van der Waals surface area contributed by atoms with E-state index in [-0.39, 0.29) is 24.7 Å². The van der Waals surface area contributed by atoms with Gasteiger partial charge in [-0.25, -0.2) is 14.8 Å². The number of aromatic nitrogens is 2. The molecule has 0 fully saturated rings. The third-order valence-corrected chi connectivity index (χ3v) is 2.57. The van der Waals surface area contributed by atoms with E-state index in [1.54, 1.807) is 24.3 Å². The number of nitrogens with two attached hydrogens (primary N) is 1. The van der Waals surface area contributed by atoms with Crippen LogP contribution in [0.5, 0.6) is 5.75 Å². The molecular weight excluding hydrogens is 282 g/mol. The fraction of sp³-hybridized carbons (Fsp3) is 0.154. The second kappa shape index (κ2) is 6.72. The third-order valence-electron chi connectivity index (χ3n) is 2.32. The van der Waals surface area contributed by atoms with Gasteiger partial charge in [0.05, 0.1) is 0 Å².